The Balaban J connectivity index is 3.12. The van der Waals surface area contributed by atoms with Gasteiger partial charge in [0, 0.05) is 18.3 Å². The van der Waals surface area contributed by atoms with E-state index in [0.717, 1.165) is 11.1 Å². The van der Waals surface area contributed by atoms with Crippen LogP contribution in [0.2, 0.25) is 0 Å². The summed E-state index contributed by atoms with van der Waals surface area (Å²) in [5.74, 6) is 0.584. The lowest BCUT2D eigenvalue weighted by atomic mass is 9.84. The molecule has 1 atom stereocenters. The van der Waals surface area contributed by atoms with Crippen LogP contribution in [-0.2, 0) is 4.79 Å². The Hall–Kier alpha value is -1.18. The molecule has 0 amide bonds. The van der Waals surface area contributed by atoms with Crippen molar-refractivity contribution in [3.63, 3.8) is 0 Å². The highest BCUT2D eigenvalue weighted by Crippen LogP contribution is 2.27. The highest BCUT2D eigenvalue weighted by Gasteiger charge is 2.21. The normalized spacial score (nSPS) is 12.9. The molecule has 1 rings (SSSR count). The van der Waals surface area contributed by atoms with Gasteiger partial charge in [-0.25, -0.2) is 0 Å². The van der Waals surface area contributed by atoms with Crippen LogP contribution in [0.4, 0.5) is 0 Å². The zero-order valence-electron chi connectivity index (χ0n) is 9.24. The fourth-order valence-corrected chi connectivity index (χ4v) is 1.88. The number of ketones is 1. The molecule has 0 aliphatic rings. The third-order valence-corrected chi connectivity index (χ3v) is 2.50. The molecule has 2 nitrogen and oxygen atoms in total. The molecule has 0 aliphatic heterocycles. The first-order valence-corrected chi connectivity index (χ1v) is 4.95. The minimum absolute atomic E-state index is 0.0120. The summed E-state index contributed by atoms with van der Waals surface area (Å²) in [6, 6.07) is 1.95. The van der Waals surface area contributed by atoms with Gasteiger partial charge in [-0.2, -0.15) is 0 Å². The van der Waals surface area contributed by atoms with E-state index in [2.05, 4.69) is 18.8 Å². The molecule has 0 saturated heterocycles. The molecule has 2 heteroatoms. The predicted molar refractivity (Wildman–Crippen MR) is 57.2 cm³/mol. The Bertz CT molecular complexity index is 331. The average molecular weight is 191 g/mol. The molecule has 0 aromatic carbocycles. The molecule has 0 fully saturated rings. The molecule has 0 N–H and O–H groups in total. The smallest absolute Gasteiger partial charge is 0.137 e. The lowest BCUT2D eigenvalue weighted by Crippen LogP contribution is -2.16. The molecular weight excluding hydrogens is 174 g/mol. The van der Waals surface area contributed by atoms with Gasteiger partial charge in [-0.3, -0.25) is 9.78 Å². The van der Waals surface area contributed by atoms with Crippen LogP contribution in [0.1, 0.15) is 37.8 Å². The standard InChI is InChI=1S/C12H17NO/c1-8(2)12(10(4)14)11-5-6-13-7-9(11)3/h5-8,12H,1-4H3. The SMILES string of the molecule is CC(=O)C(c1ccncc1C)C(C)C. The molecule has 1 unspecified atom stereocenters. The van der Waals surface area contributed by atoms with Gasteiger partial charge in [0.15, 0.2) is 0 Å². The van der Waals surface area contributed by atoms with Gasteiger partial charge < -0.3 is 0 Å². The van der Waals surface area contributed by atoms with Crippen LogP contribution in [0.3, 0.4) is 0 Å². The van der Waals surface area contributed by atoms with Crippen molar-refractivity contribution in [3.8, 4) is 0 Å². The zero-order valence-corrected chi connectivity index (χ0v) is 9.24. The molecule has 0 saturated carbocycles. The van der Waals surface area contributed by atoms with Crippen molar-refractivity contribution in [2.24, 2.45) is 5.92 Å². The first-order chi connectivity index (χ1) is 6.54. The number of carbonyl (C=O) groups is 1. The zero-order chi connectivity index (χ0) is 10.7. The van der Waals surface area contributed by atoms with E-state index in [1.165, 1.54) is 0 Å². The van der Waals surface area contributed by atoms with Gasteiger partial charge in [0.1, 0.15) is 5.78 Å². The van der Waals surface area contributed by atoms with Crippen molar-refractivity contribution < 1.29 is 4.79 Å². The maximum atomic E-state index is 11.5. The van der Waals surface area contributed by atoms with Gasteiger partial charge in [-0.1, -0.05) is 13.8 Å². The van der Waals surface area contributed by atoms with Crippen LogP contribution in [0.25, 0.3) is 0 Å². The van der Waals surface area contributed by atoms with E-state index < -0.39 is 0 Å². The summed E-state index contributed by atoms with van der Waals surface area (Å²) in [6.07, 6.45) is 3.56. The Kier molecular flexibility index (Phi) is 3.39. The van der Waals surface area contributed by atoms with E-state index in [1.807, 2.05) is 19.2 Å². The first kappa shape index (κ1) is 10.9. The third kappa shape index (κ3) is 2.19. The molecule has 0 radical (unpaired) electrons. The Morgan fingerprint density at radius 3 is 2.50 bits per heavy atom. The van der Waals surface area contributed by atoms with Crippen molar-refractivity contribution in [1.29, 1.82) is 0 Å². The average Bonchev–Trinajstić information content (AvgIpc) is 2.07. The minimum atomic E-state index is 0.0120. The van der Waals surface area contributed by atoms with Gasteiger partial charge in [-0.05, 0) is 37.0 Å². The summed E-state index contributed by atoms with van der Waals surface area (Å²) in [5.41, 5.74) is 2.21. The molecule has 0 aliphatic carbocycles. The molecule has 1 aromatic heterocycles. The summed E-state index contributed by atoms with van der Waals surface area (Å²) in [5, 5.41) is 0. The van der Waals surface area contributed by atoms with Gasteiger partial charge in [0.2, 0.25) is 0 Å². The lowest BCUT2D eigenvalue weighted by Gasteiger charge is -2.19. The van der Waals surface area contributed by atoms with Crippen LogP contribution >= 0.6 is 0 Å². The van der Waals surface area contributed by atoms with Gasteiger partial charge in [0.05, 0.1) is 0 Å². The summed E-state index contributed by atoms with van der Waals surface area (Å²) in [4.78, 5) is 15.6. The molecular formula is C12H17NO. The number of aryl methyl sites for hydroxylation is 1. The second-order valence-electron chi connectivity index (χ2n) is 4.06. The minimum Gasteiger partial charge on any atom is -0.299 e. The van der Waals surface area contributed by atoms with E-state index >= 15 is 0 Å². The summed E-state index contributed by atoms with van der Waals surface area (Å²) < 4.78 is 0. The summed E-state index contributed by atoms with van der Waals surface area (Å²) in [7, 11) is 0. The molecule has 14 heavy (non-hydrogen) atoms. The third-order valence-electron chi connectivity index (χ3n) is 2.50. The Morgan fingerprint density at radius 1 is 1.43 bits per heavy atom. The van der Waals surface area contributed by atoms with E-state index in [4.69, 9.17) is 0 Å². The highest BCUT2D eigenvalue weighted by molar-refractivity contribution is 5.83. The van der Waals surface area contributed by atoms with Crippen LogP contribution < -0.4 is 0 Å². The van der Waals surface area contributed by atoms with Crippen LogP contribution in [0.5, 0.6) is 0 Å². The predicted octanol–water partition coefficient (Wildman–Crippen LogP) is 2.72. The number of hydrogen-bond acceptors (Lipinski definition) is 2. The summed E-state index contributed by atoms with van der Waals surface area (Å²) >= 11 is 0. The Labute approximate surface area is 85.4 Å². The van der Waals surface area contributed by atoms with Gasteiger partial charge in [0.25, 0.3) is 0 Å². The van der Waals surface area contributed by atoms with Crippen LogP contribution in [0.15, 0.2) is 18.5 Å². The van der Waals surface area contributed by atoms with Gasteiger partial charge in [-0.15, -0.1) is 0 Å². The number of pyridine rings is 1. The number of rotatable bonds is 3. The second-order valence-corrected chi connectivity index (χ2v) is 4.06. The molecule has 1 aromatic rings. The number of carbonyl (C=O) groups excluding carboxylic acids is 1. The summed E-state index contributed by atoms with van der Waals surface area (Å²) in [6.45, 7) is 7.81. The largest absolute Gasteiger partial charge is 0.299 e. The van der Waals surface area contributed by atoms with Crippen LogP contribution in [-0.4, -0.2) is 10.8 Å². The van der Waals surface area contributed by atoms with E-state index in [9.17, 15) is 4.79 Å². The fourth-order valence-electron chi connectivity index (χ4n) is 1.88. The van der Waals surface area contributed by atoms with E-state index in [-0.39, 0.29) is 11.7 Å². The maximum Gasteiger partial charge on any atom is 0.137 e. The van der Waals surface area contributed by atoms with E-state index in [1.54, 1.807) is 13.1 Å². The van der Waals surface area contributed by atoms with Crippen molar-refractivity contribution in [3.05, 3.63) is 29.6 Å². The first-order valence-electron chi connectivity index (χ1n) is 4.95. The van der Waals surface area contributed by atoms with Crippen LogP contribution in [0, 0.1) is 12.8 Å². The van der Waals surface area contributed by atoms with Crippen molar-refractivity contribution >= 4 is 5.78 Å². The van der Waals surface area contributed by atoms with Gasteiger partial charge >= 0.3 is 0 Å². The van der Waals surface area contributed by atoms with Crippen molar-refractivity contribution in [1.82, 2.24) is 4.98 Å². The monoisotopic (exact) mass is 191 g/mol. The lowest BCUT2D eigenvalue weighted by molar-refractivity contribution is -0.119. The van der Waals surface area contributed by atoms with Crippen molar-refractivity contribution in [2.45, 2.75) is 33.6 Å². The topological polar surface area (TPSA) is 30.0 Å². The van der Waals surface area contributed by atoms with E-state index in [0.29, 0.717) is 5.92 Å². The molecule has 1 heterocycles. The van der Waals surface area contributed by atoms with Crippen molar-refractivity contribution in [2.75, 3.05) is 0 Å². The molecule has 76 valence electrons. The Morgan fingerprint density at radius 2 is 2.07 bits per heavy atom. The number of hydrogen-bond donors (Lipinski definition) is 0. The number of Topliss-reactive ketones (excluding diaryl/α,β-unsaturated/α-hetero) is 1. The number of aromatic nitrogens is 1. The second kappa shape index (κ2) is 4.36. The quantitative estimate of drug-likeness (QED) is 0.735. The molecule has 0 spiro atoms. The maximum absolute atomic E-state index is 11.5. The fraction of sp³-hybridized carbons (Fsp3) is 0.500. The molecule has 0 bridgehead atoms. The number of nitrogens with zero attached hydrogens (tertiary/aromatic N) is 1. The highest BCUT2D eigenvalue weighted by atomic mass is 16.1.